The maximum Gasteiger partial charge on any atom is 0.119 e. The van der Waals surface area contributed by atoms with E-state index in [0.717, 1.165) is 25.2 Å². The van der Waals surface area contributed by atoms with Crippen LogP contribution in [0.2, 0.25) is 0 Å². The van der Waals surface area contributed by atoms with Crippen LogP contribution in [-0.4, -0.2) is 139 Å². The zero-order valence-corrected chi connectivity index (χ0v) is 34.5. The second kappa shape index (κ2) is 44.3. The highest BCUT2D eigenvalue weighted by Gasteiger charge is 2.00. The standard InChI is InChI=1S/C43H80O11/c1-3-5-7-9-11-12-14-16-42-17-19-43(20-18-42)54-41-40-53-39-38-52-37-36-51-35-34-50-33-32-49-31-30-48-29-28-47-27-26-46-25-24-45-23-22-44-21-15-13-10-8-6-4-2/h17-20H,3-16,21-41H2,1-2H3. The third kappa shape index (κ3) is 38.9. The Morgan fingerprint density at radius 1 is 0.278 bits per heavy atom. The van der Waals surface area contributed by atoms with Crippen LogP contribution in [0.3, 0.4) is 0 Å². The third-order valence-electron chi connectivity index (χ3n) is 8.48. The first-order valence-corrected chi connectivity index (χ1v) is 21.4. The predicted molar refractivity (Wildman–Crippen MR) is 215 cm³/mol. The van der Waals surface area contributed by atoms with Crippen molar-refractivity contribution in [1.82, 2.24) is 0 Å². The number of aryl methyl sites for hydroxylation is 1. The minimum atomic E-state index is 0.521. The molecule has 11 heteroatoms. The normalized spacial score (nSPS) is 11.5. The Balaban J connectivity index is 1.67. The summed E-state index contributed by atoms with van der Waals surface area (Å²) in [6.07, 6.45) is 18.2. The number of rotatable bonds is 46. The van der Waals surface area contributed by atoms with E-state index in [0.29, 0.717) is 132 Å². The molecule has 0 spiro atoms. The summed E-state index contributed by atoms with van der Waals surface area (Å²) in [4.78, 5) is 0. The number of benzene rings is 1. The molecule has 0 aliphatic rings. The van der Waals surface area contributed by atoms with E-state index in [4.69, 9.17) is 52.1 Å². The fraction of sp³-hybridized carbons (Fsp3) is 0.860. The van der Waals surface area contributed by atoms with E-state index < -0.39 is 0 Å². The lowest BCUT2D eigenvalue weighted by atomic mass is 10.0. The summed E-state index contributed by atoms with van der Waals surface area (Å²) in [5.74, 6) is 0.890. The first-order chi connectivity index (χ1) is 26.9. The van der Waals surface area contributed by atoms with E-state index in [2.05, 4.69) is 38.1 Å². The summed E-state index contributed by atoms with van der Waals surface area (Å²) >= 11 is 0. The summed E-state index contributed by atoms with van der Waals surface area (Å²) in [6.45, 7) is 16.2. The van der Waals surface area contributed by atoms with Gasteiger partial charge in [-0.15, -0.1) is 0 Å². The molecule has 0 aliphatic heterocycles. The molecule has 0 amide bonds. The van der Waals surface area contributed by atoms with E-state index in [9.17, 15) is 0 Å². The molecule has 1 aromatic rings. The Labute approximate surface area is 329 Å². The monoisotopic (exact) mass is 773 g/mol. The molecule has 0 saturated carbocycles. The lowest BCUT2D eigenvalue weighted by molar-refractivity contribution is -0.0267. The Kier molecular flexibility index (Phi) is 41.6. The Morgan fingerprint density at radius 3 is 0.907 bits per heavy atom. The molecule has 0 aromatic heterocycles. The van der Waals surface area contributed by atoms with Crippen LogP contribution >= 0.6 is 0 Å². The highest BCUT2D eigenvalue weighted by Crippen LogP contribution is 2.15. The minimum Gasteiger partial charge on any atom is -0.491 e. The summed E-state index contributed by atoms with van der Waals surface area (Å²) in [5.41, 5.74) is 1.38. The van der Waals surface area contributed by atoms with Crippen molar-refractivity contribution in [3.05, 3.63) is 29.8 Å². The van der Waals surface area contributed by atoms with Crippen LogP contribution < -0.4 is 4.74 Å². The zero-order valence-electron chi connectivity index (χ0n) is 34.5. The van der Waals surface area contributed by atoms with Crippen LogP contribution in [0.1, 0.15) is 103 Å². The molecular weight excluding hydrogens is 692 g/mol. The van der Waals surface area contributed by atoms with Crippen molar-refractivity contribution in [2.75, 3.05) is 139 Å². The van der Waals surface area contributed by atoms with Crippen molar-refractivity contribution in [3.8, 4) is 5.75 Å². The third-order valence-corrected chi connectivity index (χ3v) is 8.48. The van der Waals surface area contributed by atoms with Crippen molar-refractivity contribution in [2.24, 2.45) is 0 Å². The van der Waals surface area contributed by atoms with E-state index in [1.807, 2.05) is 0 Å². The van der Waals surface area contributed by atoms with Crippen LogP contribution in [0, 0.1) is 0 Å². The van der Waals surface area contributed by atoms with Gasteiger partial charge in [0.1, 0.15) is 12.4 Å². The number of ether oxygens (including phenoxy) is 11. The molecule has 1 aromatic carbocycles. The van der Waals surface area contributed by atoms with Gasteiger partial charge in [0.2, 0.25) is 0 Å². The lowest BCUT2D eigenvalue weighted by Gasteiger charge is -2.09. The molecule has 1 rings (SSSR count). The van der Waals surface area contributed by atoms with Gasteiger partial charge in [0.05, 0.1) is 126 Å². The summed E-state index contributed by atoms with van der Waals surface area (Å²) < 4.78 is 61.2. The molecule has 318 valence electrons. The largest absolute Gasteiger partial charge is 0.491 e. The van der Waals surface area contributed by atoms with Gasteiger partial charge in [-0.1, -0.05) is 96.6 Å². The lowest BCUT2D eigenvalue weighted by Crippen LogP contribution is -2.15. The SMILES string of the molecule is CCCCCCCCCc1ccc(OCCOCCOCCOCCOCCOCCOCCOCCOCCOCCOCCCCCCCC)cc1. The Hall–Kier alpha value is -1.38. The molecule has 0 bridgehead atoms. The fourth-order valence-electron chi connectivity index (χ4n) is 5.32. The molecule has 0 saturated heterocycles. The molecule has 0 radical (unpaired) electrons. The molecule has 0 aliphatic carbocycles. The molecule has 0 heterocycles. The average Bonchev–Trinajstić information content (AvgIpc) is 3.19. The van der Waals surface area contributed by atoms with Gasteiger partial charge in [-0.2, -0.15) is 0 Å². The van der Waals surface area contributed by atoms with E-state index in [1.165, 1.54) is 82.6 Å². The molecule has 0 N–H and O–H groups in total. The molecule has 0 fully saturated rings. The predicted octanol–water partition coefficient (Wildman–Crippen LogP) is 7.89. The smallest absolute Gasteiger partial charge is 0.119 e. The second-order valence-corrected chi connectivity index (χ2v) is 13.3. The second-order valence-electron chi connectivity index (χ2n) is 13.3. The minimum absolute atomic E-state index is 0.521. The van der Waals surface area contributed by atoms with Crippen LogP contribution in [0.25, 0.3) is 0 Å². The van der Waals surface area contributed by atoms with Crippen molar-refractivity contribution in [1.29, 1.82) is 0 Å². The van der Waals surface area contributed by atoms with Crippen molar-refractivity contribution in [2.45, 2.75) is 104 Å². The number of hydrogen-bond acceptors (Lipinski definition) is 11. The molecule has 11 nitrogen and oxygen atoms in total. The van der Waals surface area contributed by atoms with Gasteiger partial charge in [0.25, 0.3) is 0 Å². The maximum absolute atomic E-state index is 5.79. The van der Waals surface area contributed by atoms with E-state index >= 15 is 0 Å². The van der Waals surface area contributed by atoms with Crippen LogP contribution in [-0.2, 0) is 53.8 Å². The fourth-order valence-corrected chi connectivity index (χ4v) is 5.32. The number of hydrogen-bond donors (Lipinski definition) is 0. The van der Waals surface area contributed by atoms with Gasteiger partial charge < -0.3 is 52.1 Å². The highest BCUT2D eigenvalue weighted by molar-refractivity contribution is 5.27. The van der Waals surface area contributed by atoms with E-state index in [-0.39, 0.29) is 0 Å². The van der Waals surface area contributed by atoms with Crippen LogP contribution in [0.4, 0.5) is 0 Å². The van der Waals surface area contributed by atoms with Gasteiger partial charge in [-0.05, 0) is 37.0 Å². The zero-order chi connectivity index (χ0) is 38.5. The first kappa shape index (κ1) is 50.6. The van der Waals surface area contributed by atoms with E-state index in [1.54, 1.807) is 0 Å². The van der Waals surface area contributed by atoms with Crippen LogP contribution in [0.5, 0.6) is 5.75 Å². The number of unbranched alkanes of at least 4 members (excludes halogenated alkanes) is 11. The molecule has 0 unspecified atom stereocenters. The van der Waals surface area contributed by atoms with Gasteiger partial charge in [0, 0.05) is 6.61 Å². The Bertz CT molecular complexity index is 830. The van der Waals surface area contributed by atoms with Crippen molar-refractivity contribution in [3.63, 3.8) is 0 Å². The summed E-state index contributed by atoms with van der Waals surface area (Å²) in [6, 6.07) is 8.47. The average molecular weight is 773 g/mol. The Morgan fingerprint density at radius 2 is 0.556 bits per heavy atom. The quantitative estimate of drug-likeness (QED) is 0.0605. The van der Waals surface area contributed by atoms with Gasteiger partial charge in [-0.25, -0.2) is 0 Å². The molecular formula is C43H80O11. The molecule has 0 atom stereocenters. The topological polar surface area (TPSA) is 102 Å². The first-order valence-electron chi connectivity index (χ1n) is 21.4. The summed E-state index contributed by atoms with van der Waals surface area (Å²) in [7, 11) is 0. The summed E-state index contributed by atoms with van der Waals surface area (Å²) in [5, 5.41) is 0. The van der Waals surface area contributed by atoms with Gasteiger partial charge in [0.15, 0.2) is 0 Å². The van der Waals surface area contributed by atoms with Crippen molar-refractivity contribution >= 4 is 0 Å². The molecule has 54 heavy (non-hydrogen) atoms. The van der Waals surface area contributed by atoms with Gasteiger partial charge >= 0.3 is 0 Å². The van der Waals surface area contributed by atoms with Crippen LogP contribution in [0.15, 0.2) is 24.3 Å². The maximum atomic E-state index is 5.79. The van der Waals surface area contributed by atoms with Crippen molar-refractivity contribution < 1.29 is 52.1 Å². The highest BCUT2D eigenvalue weighted by atomic mass is 16.6. The van der Waals surface area contributed by atoms with Gasteiger partial charge in [-0.3, -0.25) is 0 Å².